The fraction of sp³-hybridized carbons (Fsp3) is 0.333. The monoisotopic (exact) mass is 269 g/mol. The molecule has 0 unspecified atom stereocenters. The number of methoxy groups -OCH3 is 1. The molecule has 0 radical (unpaired) electrons. The molecule has 0 spiro atoms. The topological polar surface area (TPSA) is 21.3 Å². The Labute approximate surface area is 121 Å². The molecule has 2 rings (SSSR count). The van der Waals surface area contributed by atoms with Crippen LogP contribution in [0.1, 0.15) is 27.8 Å². The first-order chi connectivity index (χ1) is 9.51. The summed E-state index contributed by atoms with van der Waals surface area (Å²) in [5.74, 6) is 0.886. The zero-order chi connectivity index (χ0) is 14.7. The molecular weight excluding hydrogens is 246 g/mol. The quantitative estimate of drug-likeness (QED) is 0.879. The highest BCUT2D eigenvalue weighted by molar-refractivity contribution is 5.58. The third-order valence-electron chi connectivity index (χ3n) is 3.78. The summed E-state index contributed by atoms with van der Waals surface area (Å²) in [5.41, 5.74) is 7.61. The maximum Gasteiger partial charge on any atom is 0.141 e. The molecule has 0 fully saturated rings. The number of hydrogen-bond donors (Lipinski definition) is 1. The summed E-state index contributed by atoms with van der Waals surface area (Å²) in [6.07, 6.45) is 0. The molecule has 0 aliphatic rings. The smallest absolute Gasteiger partial charge is 0.141 e. The number of rotatable bonds is 4. The first kappa shape index (κ1) is 14.4. The number of anilines is 1. The van der Waals surface area contributed by atoms with Crippen LogP contribution in [0, 0.1) is 27.7 Å². The second-order valence-corrected chi connectivity index (χ2v) is 5.42. The van der Waals surface area contributed by atoms with E-state index in [2.05, 4.69) is 57.3 Å². The summed E-state index contributed by atoms with van der Waals surface area (Å²) in [5, 5.41) is 3.48. The van der Waals surface area contributed by atoms with E-state index in [1.165, 1.54) is 27.8 Å². The minimum atomic E-state index is 0.812. The largest absolute Gasteiger partial charge is 0.495 e. The standard InChI is InChI=1S/C18H23NO/c1-12-6-7-18(20-5)17(8-12)19-11-16-10-14(3)13(2)9-15(16)4/h6-10,19H,11H2,1-5H3. The summed E-state index contributed by atoms with van der Waals surface area (Å²) in [4.78, 5) is 0. The molecule has 2 nitrogen and oxygen atoms in total. The van der Waals surface area contributed by atoms with E-state index in [1.807, 2.05) is 6.07 Å². The lowest BCUT2D eigenvalue weighted by Crippen LogP contribution is -2.04. The van der Waals surface area contributed by atoms with Gasteiger partial charge in [-0.2, -0.15) is 0 Å². The van der Waals surface area contributed by atoms with Gasteiger partial charge in [-0.1, -0.05) is 18.2 Å². The van der Waals surface area contributed by atoms with Crippen molar-refractivity contribution in [3.05, 3.63) is 58.1 Å². The summed E-state index contributed by atoms with van der Waals surface area (Å²) >= 11 is 0. The van der Waals surface area contributed by atoms with Crippen LogP contribution >= 0.6 is 0 Å². The average Bonchev–Trinajstić information content (AvgIpc) is 2.41. The normalized spacial score (nSPS) is 10.4. The van der Waals surface area contributed by atoms with Crippen LogP contribution in [0.3, 0.4) is 0 Å². The van der Waals surface area contributed by atoms with E-state index >= 15 is 0 Å². The van der Waals surface area contributed by atoms with Gasteiger partial charge < -0.3 is 10.1 Å². The molecule has 2 heteroatoms. The van der Waals surface area contributed by atoms with Crippen LogP contribution in [0.25, 0.3) is 0 Å². The van der Waals surface area contributed by atoms with Gasteiger partial charge in [-0.05, 0) is 67.6 Å². The van der Waals surface area contributed by atoms with Gasteiger partial charge in [0, 0.05) is 6.54 Å². The molecule has 20 heavy (non-hydrogen) atoms. The number of nitrogens with one attached hydrogen (secondary N) is 1. The SMILES string of the molecule is COc1ccc(C)cc1NCc1cc(C)c(C)cc1C. The fourth-order valence-corrected chi connectivity index (χ4v) is 2.36. The number of aryl methyl sites for hydroxylation is 4. The van der Waals surface area contributed by atoms with Gasteiger partial charge in [-0.3, -0.25) is 0 Å². The van der Waals surface area contributed by atoms with E-state index in [4.69, 9.17) is 4.74 Å². The lowest BCUT2D eigenvalue weighted by atomic mass is 10.0. The van der Waals surface area contributed by atoms with Crippen molar-refractivity contribution in [2.75, 3.05) is 12.4 Å². The Morgan fingerprint density at radius 1 is 0.900 bits per heavy atom. The van der Waals surface area contributed by atoms with Crippen LogP contribution in [0.5, 0.6) is 5.75 Å². The molecule has 2 aromatic carbocycles. The molecule has 0 saturated carbocycles. The molecule has 0 amide bonds. The van der Waals surface area contributed by atoms with Crippen molar-refractivity contribution < 1.29 is 4.74 Å². The van der Waals surface area contributed by atoms with Gasteiger partial charge >= 0.3 is 0 Å². The van der Waals surface area contributed by atoms with Gasteiger partial charge in [0.2, 0.25) is 0 Å². The third-order valence-corrected chi connectivity index (χ3v) is 3.78. The third kappa shape index (κ3) is 3.13. The molecule has 0 aromatic heterocycles. The van der Waals surface area contributed by atoms with Crippen molar-refractivity contribution in [1.29, 1.82) is 0 Å². The van der Waals surface area contributed by atoms with Gasteiger partial charge in [0.1, 0.15) is 5.75 Å². The predicted molar refractivity (Wildman–Crippen MR) is 85.7 cm³/mol. The van der Waals surface area contributed by atoms with E-state index in [1.54, 1.807) is 7.11 Å². The maximum atomic E-state index is 5.40. The van der Waals surface area contributed by atoms with Crippen LogP contribution in [-0.4, -0.2) is 7.11 Å². The first-order valence-corrected chi connectivity index (χ1v) is 6.96. The van der Waals surface area contributed by atoms with Crippen LogP contribution in [0.2, 0.25) is 0 Å². The highest BCUT2D eigenvalue weighted by Gasteiger charge is 2.05. The van der Waals surface area contributed by atoms with Crippen LogP contribution in [0.15, 0.2) is 30.3 Å². The van der Waals surface area contributed by atoms with Crippen LogP contribution in [0.4, 0.5) is 5.69 Å². The molecule has 1 N–H and O–H groups in total. The molecule has 0 bridgehead atoms. The average molecular weight is 269 g/mol. The maximum absolute atomic E-state index is 5.40. The lowest BCUT2D eigenvalue weighted by molar-refractivity contribution is 0.416. The van der Waals surface area contributed by atoms with Gasteiger partial charge in [0.25, 0.3) is 0 Å². The number of benzene rings is 2. The summed E-state index contributed by atoms with van der Waals surface area (Å²) < 4.78 is 5.40. The van der Waals surface area contributed by atoms with Gasteiger partial charge in [0.15, 0.2) is 0 Å². The summed E-state index contributed by atoms with van der Waals surface area (Å²) in [7, 11) is 1.71. The van der Waals surface area contributed by atoms with Gasteiger partial charge in [0.05, 0.1) is 12.8 Å². The number of hydrogen-bond acceptors (Lipinski definition) is 2. The number of ether oxygens (including phenoxy) is 1. The van der Waals surface area contributed by atoms with Crippen molar-refractivity contribution in [2.45, 2.75) is 34.2 Å². The van der Waals surface area contributed by atoms with Gasteiger partial charge in [-0.25, -0.2) is 0 Å². The Balaban J connectivity index is 2.21. The van der Waals surface area contributed by atoms with Crippen molar-refractivity contribution in [1.82, 2.24) is 0 Å². The zero-order valence-electron chi connectivity index (χ0n) is 13.0. The second-order valence-electron chi connectivity index (χ2n) is 5.42. The highest BCUT2D eigenvalue weighted by atomic mass is 16.5. The first-order valence-electron chi connectivity index (χ1n) is 6.96. The predicted octanol–water partition coefficient (Wildman–Crippen LogP) is 4.54. The molecular formula is C18H23NO. The second kappa shape index (κ2) is 6.00. The molecule has 0 saturated heterocycles. The van der Waals surface area contributed by atoms with E-state index in [-0.39, 0.29) is 0 Å². The Kier molecular flexibility index (Phi) is 4.33. The van der Waals surface area contributed by atoms with E-state index in [0.29, 0.717) is 0 Å². The van der Waals surface area contributed by atoms with E-state index in [9.17, 15) is 0 Å². The minimum absolute atomic E-state index is 0.812. The van der Waals surface area contributed by atoms with Crippen LogP contribution < -0.4 is 10.1 Å². The Morgan fingerprint density at radius 3 is 2.30 bits per heavy atom. The molecule has 0 aliphatic heterocycles. The van der Waals surface area contributed by atoms with Crippen LogP contribution in [-0.2, 0) is 6.54 Å². The molecule has 106 valence electrons. The Morgan fingerprint density at radius 2 is 1.60 bits per heavy atom. The fourth-order valence-electron chi connectivity index (χ4n) is 2.36. The van der Waals surface area contributed by atoms with E-state index < -0.39 is 0 Å². The molecule has 0 atom stereocenters. The zero-order valence-corrected chi connectivity index (χ0v) is 13.0. The van der Waals surface area contributed by atoms with E-state index in [0.717, 1.165) is 18.0 Å². The van der Waals surface area contributed by atoms with Crippen molar-refractivity contribution in [3.63, 3.8) is 0 Å². The van der Waals surface area contributed by atoms with Crippen molar-refractivity contribution >= 4 is 5.69 Å². The Bertz CT molecular complexity index is 617. The van der Waals surface area contributed by atoms with Crippen molar-refractivity contribution in [3.8, 4) is 5.75 Å². The molecule has 0 aliphatic carbocycles. The summed E-state index contributed by atoms with van der Waals surface area (Å²) in [6.45, 7) is 9.38. The Hall–Kier alpha value is -1.96. The lowest BCUT2D eigenvalue weighted by Gasteiger charge is -2.14. The molecule has 0 heterocycles. The minimum Gasteiger partial charge on any atom is -0.495 e. The molecule has 2 aromatic rings. The summed E-state index contributed by atoms with van der Waals surface area (Å²) in [6, 6.07) is 10.7. The van der Waals surface area contributed by atoms with Crippen molar-refractivity contribution in [2.24, 2.45) is 0 Å². The van der Waals surface area contributed by atoms with Gasteiger partial charge in [-0.15, -0.1) is 0 Å². The highest BCUT2D eigenvalue weighted by Crippen LogP contribution is 2.26.